The fourth-order valence-electron chi connectivity index (χ4n) is 2.75. The third-order valence-electron chi connectivity index (χ3n) is 3.75. The topological polar surface area (TPSA) is 46.2 Å². The van der Waals surface area contributed by atoms with E-state index in [1.165, 1.54) is 11.1 Å². The first-order valence-corrected chi connectivity index (χ1v) is 9.08. The van der Waals surface area contributed by atoms with Crippen LogP contribution in [-0.4, -0.2) is 14.5 Å². The number of fused-ring (bicyclic) bond motifs is 1. The van der Waals surface area contributed by atoms with Gasteiger partial charge in [0.05, 0.1) is 4.90 Å². The Hall–Kier alpha value is -1.17. The average molecular weight is 366 g/mol. The summed E-state index contributed by atoms with van der Waals surface area (Å²) in [4.78, 5) is 0.295. The highest BCUT2D eigenvalue weighted by molar-refractivity contribution is 9.10. The predicted molar refractivity (Wildman–Crippen MR) is 86.8 cm³/mol. The summed E-state index contributed by atoms with van der Waals surface area (Å²) >= 11 is 3.34. The highest BCUT2D eigenvalue weighted by Crippen LogP contribution is 2.26. The Labute approximate surface area is 133 Å². The predicted octanol–water partition coefficient (Wildman–Crippen LogP) is 3.20. The van der Waals surface area contributed by atoms with Crippen molar-refractivity contribution in [2.45, 2.75) is 30.7 Å². The molecule has 0 amide bonds. The molecule has 1 aliphatic carbocycles. The maximum absolute atomic E-state index is 12.5. The Morgan fingerprint density at radius 2 is 1.71 bits per heavy atom. The van der Waals surface area contributed by atoms with E-state index >= 15 is 0 Å². The number of nitrogens with one attached hydrogen (secondary N) is 1. The summed E-state index contributed by atoms with van der Waals surface area (Å²) in [7, 11) is -3.51. The van der Waals surface area contributed by atoms with Gasteiger partial charge in [-0.2, -0.15) is 0 Å². The van der Waals surface area contributed by atoms with Gasteiger partial charge in [-0.1, -0.05) is 30.3 Å². The second kappa shape index (κ2) is 5.55. The zero-order valence-electron chi connectivity index (χ0n) is 11.6. The van der Waals surface area contributed by atoms with Crippen molar-refractivity contribution in [2.24, 2.45) is 0 Å². The Bertz CT molecular complexity index is 762. The van der Waals surface area contributed by atoms with Gasteiger partial charge in [-0.15, -0.1) is 0 Å². The molecule has 0 heterocycles. The summed E-state index contributed by atoms with van der Waals surface area (Å²) < 4.78 is 28.5. The van der Waals surface area contributed by atoms with Gasteiger partial charge in [0.15, 0.2) is 0 Å². The number of hydrogen-bond acceptors (Lipinski definition) is 2. The molecule has 2 aromatic carbocycles. The number of sulfonamides is 1. The normalized spacial score (nSPS) is 15.1. The van der Waals surface area contributed by atoms with Gasteiger partial charge in [0, 0.05) is 10.5 Å². The van der Waals surface area contributed by atoms with E-state index in [9.17, 15) is 8.42 Å². The third kappa shape index (κ3) is 3.05. The van der Waals surface area contributed by atoms with Gasteiger partial charge in [0.1, 0.15) is 0 Å². The van der Waals surface area contributed by atoms with Crippen molar-refractivity contribution in [1.29, 1.82) is 0 Å². The number of rotatable bonds is 3. The zero-order valence-corrected chi connectivity index (χ0v) is 14.0. The minimum atomic E-state index is -3.51. The lowest BCUT2D eigenvalue weighted by Crippen LogP contribution is -2.35. The Kier molecular flexibility index (Phi) is 3.90. The first kappa shape index (κ1) is 14.8. The van der Waals surface area contributed by atoms with Crippen molar-refractivity contribution < 1.29 is 8.42 Å². The maximum atomic E-state index is 12.5. The third-order valence-corrected chi connectivity index (χ3v) is 6.25. The van der Waals surface area contributed by atoms with Crippen LogP contribution in [0.4, 0.5) is 0 Å². The molecule has 0 radical (unpaired) electrons. The molecule has 3 rings (SSSR count). The molecular weight excluding hydrogens is 350 g/mol. The first-order valence-electron chi connectivity index (χ1n) is 6.81. The summed E-state index contributed by atoms with van der Waals surface area (Å²) in [6.45, 7) is 1.93. The molecule has 0 saturated heterocycles. The monoisotopic (exact) mass is 365 g/mol. The molecule has 0 fully saturated rings. The standard InChI is InChI=1S/C16H16BrNO2S/c1-11-6-7-16(15(17)8-11)21(19,20)18-14-9-12-4-2-3-5-13(12)10-14/h2-8,14,18H,9-10H2,1H3. The summed E-state index contributed by atoms with van der Waals surface area (Å²) in [6.07, 6.45) is 1.50. The van der Waals surface area contributed by atoms with Crippen LogP contribution in [0, 0.1) is 6.92 Å². The summed E-state index contributed by atoms with van der Waals surface area (Å²) in [6, 6.07) is 13.3. The van der Waals surface area contributed by atoms with Gasteiger partial charge in [-0.25, -0.2) is 13.1 Å². The molecule has 0 aromatic heterocycles. The SMILES string of the molecule is Cc1ccc(S(=O)(=O)NC2Cc3ccccc3C2)c(Br)c1. The van der Waals surface area contributed by atoms with Crippen LogP contribution < -0.4 is 4.72 Å². The van der Waals surface area contributed by atoms with Crippen LogP contribution in [-0.2, 0) is 22.9 Å². The molecule has 0 unspecified atom stereocenters. The van der Waals surface area contributed by atoms with Gasteiger partial charge in [0.2, 0.25) is 10.0 Å². The van der Waals surface area contributed by atoms with Crippen molar-refractivity contribution in [3.63, 3.8) is 0 Å². The van der Waals surface area contributed by atoms with E-state index in [0.29, 0.717) is 9.37 Å². The molecule has 1 N–H and O–H groups in total. The van der Waals surface area contributed by atoms with Crippen molar-refractivity contribution in [1.82, 2.24) is 4.72 Å². The van der Waals surface area contributed by atoms with Crippen LogP contribution >= 0.6 is 15.9 Å². The van der Waals surface area contributed by atoms with Gasteiger partial charge < -0.3 is 0 Å². The quantitative estimate of drug-likeness (QED) is 0.907. The van der Waals surface area contributed by atoms with Gasteiger partial charge in [0.25, 0.3) is 0 Å². The molecule has 2 aromatic rings. The van der Waals surface area contributed by atoms with E-state index < -0.39 is 10.0 Å². The van der Waals surface area contributed by atoms with E-state index in [1.807, 2.05) is 31.2 Å². The van der Waals surface area contributed by atoms with E-state index in [1.54, 1.807) is 6.07 Å². The molecular formula is C16H16BrNO2S. The molecule has 1 aliphatic rings. The van der Waals surface area contributed by atoms with E-state index in [0.717, 1.165) is 18.4 Å². The van der Waals surface area contributed by atoms with Gasteiger partial charge in [-0.05, 0) is 64.5 Å². The van der Waals surface area contributed by atoms with Gasteiger partial charge in [-0.3, -0.25) is 0 Å². The molecule has 3 nitrogen and oxygen atoms in total. The number of benzene rings is 2. The summed E-state index contributed by atoms with van der Waals surface area (Å²) in [5.74, 6) is 0. The minimum Gasteiger partial charge on any atom is -0.207 e. The summed E-state index contributed by atoms with van der Waals surface area (Å²) in [5.41, 5.74) is 3.48. The van der Waals surface area contributed by atoms with Crippen LogP contribution in [0.25, 0.3) is 0 Å². The van der Waals surface area contributed by atoms with Crippen LogP contribution in [0.2, 0.25) is 0 Å². The minimum absolute atomic E-state index is 0.0689. The highest BCUT2D eigenvalue weighted by Gasteiger charge is 2.27. The Morgan fingerprint density at radius 1 is 1.10 bits per heavy atom. The largest absolute Gasteiger partial charge is 0.241 e. The molecule has 5 heteroatoms. The van der Waals surface area contributed by atoms with Crippen LogP contribution in [0.15, 0.2) is 51.8 Å². The van der Waals surface area contributed by atoms with Crippen LogP contribution in [0.1, 0.15) is 16.7 Å². The lowest BCUT2D eigenvalue weighted by Gasteiger charge is -2.14. The van der Waals surface area contributed by atoms with E-state index in [4.69, 9.17) is 0 Å². The van der Waals surface area contributed by atoms with Crippen LogP contribution in [0.5, 0.6) is 0 Å². The smallest absolute Gasteiger partial charge is 0.207 e. The van der Waals surface area contributed by atoms with Gasteiger partial charge >= 0.3 is 0 Å². The molecule has 0 saturated carbocycles. The molecule has 0 bridgehead atoms. The molecule has 110 valence electrons. The van der Waals surface area contributed by atoms with Crippen molar-refractivity contribution in [3.8, 4) is 0 Å². The maximum Gasteiger partial charge on any atom is 0.241 e. The molecule has 0 aliphatic heterocycles. The lowest BCUT2D eigenvalue weighted by molar-refractivity contribution is 0.555. The number of halogens is 1. The Balaban J connectivity index is 1.82. The molecule has 0 spiro atoms. The first-order chi connectivity index (χ1) is 9.95. The zero-order chi connectivity index (χ0) is 15.0. The second-order valence-electron chi connectivity index (χ2n) is 5.43. The van der Waals surface area contributed by atoms with E-state index in [-0.39, 0.29) is 6.04 Å². The Morgan fingerprint density at radius 3 is 2.29 bits per heavy atom. The number of aryl methyl sites for hydroxylation is 1. The van der Waals surface area contributed by atoms with E-state index in [2.05, 4.69) is 32.8 Å². The van der Waals surface area contributed by atoms with Crippen molar-refractivity contribution in [2.75, 3.05) is 0 Å². The highest BCUT2D eigenvalue weighted by atomic mass is 79.9. The fourth-order valence-corrected chi connectivity index (χ4v) is 5.18. The molecule has 0 atom stereocenters. The van der Waals surface area contributed by atoms with Crippen molar-refractivity contribution >= 4 is 26.0 Å². The second-order valence-corrected chi connectivity index (χ2v) is 7.97. The average Bonchev–Trinajstić information content (AvgIpc) is 2.79. The van der Waals surface area contributed by atoms with Crippen LogP contribution in [0.3, 0.4) is 0 Å². The molecule has 21 heavy (non-hydrogen) atoms. The van der Waals surface area contributed by atoms with Crippen molar-refractivity contribution in [3.05, 3.63) is 63.6 Å². The lowest BCUT2D eigenvalue weighted by atomic mass is 10.1. The number of hydrogen-bond donors (Lipinski definition) is 1. The fraction of sp³-hybridized carbons (Fsp3) is 0.250. The summed E-state index contributed by atoms with van der Waals surface area (Å²) in [5, 5.41) is 0.